The second-order valence-electron chi connectivity index (χ2n) is 5.86. The molecule has 2 aliphatic rings. The number of aliphatic hydroxyl groups excluding tert-OH is 4. The topological polar surface area (TPSA) is 99.4 Å². The Labute approximate surface area is 119 Å². The van der Waals surface area contributed by atoms with Crippen molar-refractivity contribution in [1.29, 1.82) is 0 Å². The average Bonchev–Trinajstić information content (AvgIpc) is 2.47. The van der Waals surface area contributed by atoms with Crippen LogP contribution < -0.4 is 0 Å². The lowest BCUT2D eigenvalue weighted by molar-refractivity contribution is -0.294. The largest absolute Gasteiger partial charge is 0.394 e. The van der Waals surface area contributed by atoms with Gasteiger partial charge in [-0.1, -0.05) is 32.1 Å². The lowest BCUT2D eigenvalue weighted by Gasteiger charge is -2.40. The molecule has 0 bridgehead atoms. The van der Waals surface area contributed by atoms with Crippen molar-refractivity contribution in [3.05, 3.63) is 0 Å². The second-order valence-corrected chi connectivity index (χ2v) is 5.86. The Kier molecular flexibility index (Phi) is 6.20. The summed E-state index contributed by atoms with van der Waals surface area (Å²) in [6, 6.07) is 0. The Hall–Kier alpha value is -0.240. The monoisotopic (exact) mass is 290 g/mol. The maximum absolute atomic E-state index is 9.97. The van der Waals surface area contributed by atoms with Gasteiger partial charge in [-0.15, -0.1) is 0 Å². The summed E-state index contributed by atoms with van der Waals surface area (Å²) in [5.41, 5.74) is 0. The lowest BCUT2D eigenvalue weighted by Crippen LogP contribution is -2.59. The van der Waals surface area contributed by atoms with E-state index in [4.69, 9.17) is 14.6 Å². The molecule has 2 unspecified atom stereocenters. The molecule has 1 saturated carbocycles. The molecule has 0 amide bonds. The van der Waals surface area contributed by atoms with E-state index in [2.05, 4.69) is 0 Å². The van der Waals surface area contributed by atoms with Gasteiger partial charge in [0.2, 0.25) is 0 Å². The highest BCUT2D eigenvalue weighted by Gasteiger charge is 2.44. The van der Waals surface area contributed by atoms with Gasteiger partial charge in [-0.2, -0.15) is 0 Å². The molecule has 2 fully saturated rings. The molecule has 1 saturated heterocycles. The van der Waals surface area contributed by atoms with E-state index < -0.39 is 37.3 Å². The molecule has 1 aliphatic carbocycles. The van der Waals surface area contributed by atoms with E-state index in [0.717, 1.165) is 6.42 Å². The summed E-state index contributed by atoms with van der Waals surface area (Å²) in [5, 5.41) is 38.4. The summed E-state index contributed by atoms with van der Waals surface area (Å²) in [6.45, 7) is 0.0156. The predicted molar refractivity (Wildman–Crippen MR) is 70.9 cm³/mol. The van der Waals surface area contributed by atoms with Crippen LogP contribution in [0.1, 0.15) is 38.5 Å². The molecule has 6 heteroatoms. The number of hydrogen-bond acceptors (Lipinski definition) is 6. The summed E-state index contributed by atoms with van der Waals surface area (Å²) in [4.78, 5) is 0. The zero-order chi connectivity index (χ0) is 14.5. The molecule has 0 aromatic rings. The Morgan fingerprint density at radius 3 is 2.35 bits per heavy atom. The molecule has 0 aromatic heterocycles. The van der Waals surface area contributed by atoms with Crippen LogP contribution in [-0.4, -0.2) is 64.3 Å². The van der Waals surface area contributed by atoms with Crippen molar-refractivity contribution in [2.45, 2.75) is 69.2 Å². The van der Waals surface area contributed by atoms with Crippen LogP contribution in [-0.2, 0) is 9.47 Å². The van der Waals surface area contributed by atoms with Crippen LogP contribution in [0.3, 0.4) is 0 Å². The van der Waals surface area contributed by atoms with Crippen molar-refractivity contribution >= 4 is 0 Å². The highest BCUT2D eigenvalue weighted by molar-refractivity contribution is 4.89. The Morgan fingerprint density at radius 1 is 1.00 bits per heavy atom. The normalized spacial score (nSPS) is 39.9. The highest BCUT2D eigenvalue weighted by atomic mass is 16.6. The minimum atomic E-state index is -1.43. The van der Waals surface area contributed by atoms with E-state index in [0.29, 0.717) is 12.5 Å². The SMILES string of the molecule is OCC1O[C@@H](O)C(O)[C@@H](OCCC2CCCCC2)[C@H]1O. The van der Waals surface area contributed by atoms with Gasteiger partial charge in [0.15, 0.2) is 6.29 Å². The molecular formula is C14H26O6. The number of hydrogen-bond donors (Lipinski definition) is 4. The van der Waals surface area contributed by atoms with Gasteiger partial charge in [0.05, 0.1) is 6.61 Å². The fourth-order valence-electron chi connectivity index (χ4n) is 3.11. The minimum Gasteiger partial charge on any atom is -0.394 e. The van der Waals surface area contributed by atoms with Crippen molar-refractivity contribution < 1.29 is 29.9 Å². The standard InChI is InChI=1S/C14H26O6/c15-8-10-11(16)13(12(17)14(18)20-10)19-7-6-9-4-2-1-3-5-9/h9-18H,1-8H2/t10?,11-,12?,13-,14+/m0/s1. The third kappa shape index (κ3) is 3.90. The van der Waals surface area contributed by atoms with E-state index in [-0.39, 0.29) is 0 Å². The highest BCUT2D eigenvalue weighted by Crippen LogP contribution is 2.27. The van der Waals surface area contributed by atoms with Gasteiger partial charge in [0.25, 0.3) is 0 Å². The number of rotatable bonds is 5. The van der Waals surface area contributed by atoms with Gasteiger partial charge in [-0.3, -0.25) is 0 Å². The molecule has 0 aromatic carbocycles. The van der Waals surface area contributed by atoms with Crippen LogP contribution in [0.2, 0.25) is 0 Å². The minimum absolute atomic E-state index is 0.423. The molecule has 4 N–H and O–H groups in total. The maximum Gasteiger partial charge on any atom is 0.184 e. The third-order valence-electron chi connectivity index (χ3n) is 4.40. The molecule has 5 atom stereocenters. The number of ether oxygens (including phenoxy) is 2. The first-order valence-corrected chi connectivity index (χ1v) is 7.55. The second kappa shape index (κ2) is 7.68. The summed E-state index contributed by atoms with van der Waals surface area (Å²) in [7, 11) is 0. The number of aliphatic hydroxyl groups is 4. The van der Waals surface area contributed by atoms with E-state index >= 15 is 0 Å². The third-order valence-corrected chi connectivity index (χ3v) is 4.40. The molecule has 118 valence electrons. The Bertz CT molecular complexity index is 281. The van der Waals surface area contributed by atoms with E-state index in [9.17, 15) is 15.3 Å². The van der Waals surface area contributed by atoms with Gasteiger partial charge in [0.1, 0.15) is 24.4 Å². The van der Waals surface area contributed by atoms with Crippen LogP contribution in [0.15, 0.2) is 0 Å². The quantitative estimate of drug-likeness (QED) is 0.558. The van der Waals surface area contributed by atoms with Gasteiger partial charge in [-0.05, 0) is 12.3 Å². The summed E-state index contributed by atoms with van der Waals surface area (Å²) < 4.78 is 10.5. The average molecular weight is 290 g/mol. The molecule has 1 aliphatic heterocycles. The molecule has 0 spiro atoms. The summed E-state index contributed by atoms with van der Waals surface area (Å²) >= 11 is 0. The predicted octanol–water partition coefficient (Wildman–Crippen LogP) is -0.227. The van der Waals surface area contributed by atoms with Gasteiger partial charge >= 0.3 is 0 Å². The van der Waals surface area contributed by atoms with E-state index in [1.807, 2.05) is 0 Å². The molecule has 1 heterocycles. The first-order valence-electron chi connectivity index (χ1n) is 7.55. The van der Waals surface area contributed by atoms with Crippen molar-refractivity contribution in [1.82, 2.24) is 0 Å². The van der Waals surface area contributed by atoms with Crippen molar-refractivity contribution in [2.75, 3.05) is 13.2 Å². The van der Waals surface area contributed by atoms with Crippen LogP contribution in [0.25, 0.3) is 0 Å². The van der Waals surface area contributed by atoms with Crippen LogP contribution in [0, 0.1) is 5.92 Å². The molecule has 20 heavy (non-hydrogen) atoms. The molecule has 0 radical (unpaired) electrons. The molecular weight excluding hydrogens is 264 g/mol. The van der Waals surface area contributed by atoms with Gasteiger partial charge < -0.3 is 29.9 Å². The van der Waals surface area contributed by atoms with Crippen molar-refractivity contribution in [2.24, 2.45) is 5.92 Å². The lowest BCUT2D eigenvalue weighted by atomic mass is 9.87. The van der Waals surface area contributed by atoms with Crippen LogP contribution in [0.4, 0.5) is 0 Å². The zero-order valence-electron chi connectivity index (χ0n) is 11.7. The van der Waals surface area contributed by atoms with E-state index in [1.54, 1.807) is 0 Å². The van der Waals surface area contributed by atoms with Crippen LogP contribution >= 0.6 is 0 Å². The zero-order valence-corrected chi connectivity index (χ0v) is 11.7. The van der Waals surface area contributed by atoms with Gasteiger partial charge in [0, 0.05) is 6.61 Å². The van der Waals surface area contributed by atoms with Crippen LogP contribution in [0.5, 0.6) is 0 Å². The summed E-state index contributed by atoms with van der Waals surface area (Å²) in [5.74, 6) is 0.649. The molecule has 2 rings (SSSR count). The molecule has 6 nitrogen and oxygen atoms in total. The Morgan fingerprint density at radius 2 is 1.70 bits per heavy atom. The van der Waals surface area contributed by atoms with Crippen molar-refractivity contribution in [3.63, 3.8) is 0 Å². The maximum atomic E-state index is 9.97. The fourth-order valence-corrected chi connectivity index (χ4v) is 3.11. The fraction of sp³-hybridized carbons (Fsp3) is 1.00. The van der Waals surface area contributed by atoms with E-state index in [1.165, 1.54) is 32.1 Å². The van der Waals surface area contributed by atoms with Gasteiger partial charge in [-0.25, -0.2) is 0 Å². The van der Waals surface area contributed by atoms with Crippen molar-refractivity contribution in [3.8, 4) is 0 Å². The summed E-state index contributed by atoms with van der Waals surface area (Å²) in [6.07, 6.45) is 1.45. The smallest absolute Gasteiger partial charge is 0.184 e. The Balaban J connectivity index is 1.79. The first-order chi connectivity index (χ1) is 9.63. The first kappa shape index (κ1) is 16.1.